The van der Waals surface area contributed by atoms with E-state index in [1.807, 2.05) is 7.11 Å². The van der Waals surface area contributed by atoms with Crippen LogP contribution in [0.25, 0.3) is 0 Å². The first-order valence-electron chi connectivity index (χ1n) is 10.2. The number of hydrogen-bond acceptors (Lipinski definition) is 3. The van der Waals surface area contributed by atoms with E-state index in [4.69, 9.17) is 14.2 Å². The van der Waals surface area contributed by atoms with Gasteiger partial charge in [-0.2, -0.15) is 0 Å². The van der Waals surface area contributed by atoms with Crippen LogP contribution in [-0.4, -0.2) is 31.7 Å². The summed E-state index contributed by atoms with van der Waals surface area (Å²) in [4.78, 5) is 0. The summed E-state index contributed by atoms with van der Waals surface area (Å²) in [6, 6.07) is 0. The van der Waals surface area contributed by atoms with Gasteiger partial charge in [-0.1, -0.05) is 68.2 Å². The van der Waals surface area contributed by atoms with E-state index in [1.165, 1.54) is 0 Å². The van der Waals surface area contributed by atoms with Crippen LogP contribution in [0.1, 0.15) is 74.7 Å². The summed E-state index contributed by atoms with van der Waals surface area (Å²) in [5.74, 6) is 2.53. The van der Waals surface area contributed by atoms with Crippen molar-refractivity contribution in [2.24, 2.45) is 29.6 Å². The minimum absolute atomic E-state index is 0.0838. The van der Waals surface area contributed by atoms with Crippen LogP contribution in [0.4, 0.5) is 0 Å². The van der Waals surface area contributed by atoms with Crippen molar-refractivity contribution < 1.29 is 14.2 Å². The maximum absolute atomic E-state index is 6.64. The van der Waals surface area contributed by atoms with Gasteiger partial charge in [0.25, 0.3) is 0 Å². The molecular formula is C21H42O3. The monoisotopic (exact) mass is 342 g/mol. The van der Waals surface area contributed by atoms with E-state index < -0.39 is 0 Å². The fourth-order valence-corrected chi connectivity index (χ4v) is 3.95. The normalized spacial score (nSPS) is 36.1. The molecule has 0 radical (unpaired) electrons. The van der Waals surface area contributed by atoms with Gasteiger partial charge in [-0.25, -0.2) is 0 Å². The van der Waals surface area contributed by atoms with Gasteiger partial charge in [0.1, 0.15) is 0 Å². The van der Waals surface area contributed by atoms with Gasteiger partial charge in [0.2, 0.25) is 0 Å². The Morgan fingerprint density at radius 1 is 0.833 bits per heavy atom. The van der Waals surface area contributed by atoms with Crippen LogP contribution in [-0.2, 0) is 14.2 Å². The molecule has 1 fully saturated rings. The molecule has 0 aliphatic carbocycles. The Balaban J connectivity index is 2.96. The first-order valence-corrected chi connectivity index (χ1v) is 10.2. The molecule has 144 valence electrons. The van der Waals surface area contributed by atoms with E-state index in [1.54, 1.807) is 0 Å². The Morgan fingerprint density at radius 2 is 1.38 bits per heavy atom. The van der Waals surface area contributed by atoms with Crippen molar-refractivity contribution in [3.63, 3.8) is 0 Å². The molecule has 0 aromatic heterocycles. The summed E-state index contributed by atoms with van der Waals surface area (Å²) < 4.78 is 18.9. The van der Waals surface area contributed by atoms with Crippen LogP contribution in [0.15, 0.2) is 0 Å². The Morgan fingerprint density at radius 3 is 1.83 bits per heavy atom. The van der Waals surface area contributed by atoms with Gasteiger partial charge in [0, 0.05) is 13.0 Å². The third-order valence-electron chi connectivity index (χ3n) is 6.68. The quantitative estimate of drug-likeness (QED) is 0.552. The number of hydrogen-bond donors (Lipinski definition) is 0. The van der Waals surface area contributed by atoms with Gasteiger partial charge in [0.05, 0.1) is 18.3 Å². The first kappa shape index (κ1) is 21.9. The Bertz CT molecular complexity index is 344. The standard InChI is InChI=1S/C21H42O3/c1-10-13(4)19(22-9)20(14(5)11-2)24-21-17(8)15(6)16(7)18(12-3)23-21/h13-21H,10-12H2,1-9H3. The highest BCUT2D eigenvalue weighted by Crippen LogP contribution is 2.38. The fourth-order valence-electron chi connectivity index (χ4n) is 3.95. The highest BCUT2D eigenvalue weighted by molar-refractivity contribution is 4.85. The zero-order chi connectivity index (χ0) is 18.4. The van der Waals surface area contributed by atoms with Crippen molar-refractivity contribution in [3.05, 3.63) is 0 Å². The molecule has 0 aromatic rings. The van der Waals surface area contributed by atoms with Crippen molar-refractivity contribution in [1.82, 2.24) is 0 Å². The van der Waals surface area contributed by atoms with Crippen molar-refractivity contribution >= 4 is 0 Å². The lowest BCUT2D eigenvalue weighted by Crippen LogP contribution is -2.50. The van der Waals surface area contributed by atoms with Crippen LogP contribution < -0.4 is 0 Å². The molecule has 1 rings (SSSR count). The van der Waals surface area contributed by atoms with Gasteiger partial charge in [-0.15, -0.1) is 0 Å². The summed E-state index contributed by atoms with van der Waals surface area (Å²) in [5.41, 5.74) is 0. The molecule has 1 aliphatic rings. The zero-order valence-corrected chi connectivity index (χ0v) is 17.5. The van der Waals surface area contributed by atoms with E-state index in [0.29, 0.717) is 35.7 Å². The number of methoxy groups -OCH3 is 1. The van der Waals surface area contributed by atoms with E-state index in [9.17, 15) is 0 Å². The molecule has 9 atom stereocenters. The highest BCUT2D eigenvalue weighted by Gasteiger charge is 2.42. The summed E-state index contributed by atoms with van der Waals surface area (Å²) in [6.45, 7) is 18.1. The lowest BCUT2D eigenvalue weighted by Gasteiger charge is -2.46. The second kappa shape index (κ2) is 10.1. The van der Waals surface area contributed by atoms with E-state index >= 15 is 0 Å². The maximum Gasteiger partial charge on any atom is 0.161 e. The fraction of sp³-hybridized carbons (Fsp3) is 1.00. The SMILES string of the molecule is CCC(C)C(OC)C(OC1OC(CC)C(C)C(C)C1C)C(C)CC. The Kier molecular flexibility index (Phi) is 9.25. The highest BCUT2D eigenvalue weighted by atomic mass is 16.7. The third kappa shape index (κ3) is 4.95. The Hall–Kier alpha value is -0.120. The van der Waals surface area contributed by atoms with Crippen LogP contribution in [0.5, 0.6) is 0 Å². The molecule has 1 aliphatic heterocycles. The molecule has 24 heavy (non-hydrogen) atoms. The lowest BCUT2D eigenvalue weighted by atomic mass is 9.78. The topological polar surface area (TPSA) is 27.7 Å². The van der Waals surface area contributed by atoms with Gasteiger partial charge in [-0.05, 0) is 30.1 Å². The van der Waals surface area contributed by atoms with Gasteiger partial charge < -0.3 is 14.2 Å². The largest absolute Gasteiger partial charge is 0.378 e. The molecule has 3 heteroatoms. The van der Waals surface area contributed by atoms with E-state index in [0.717, 1.165) is 19.3 Å². The number of ether oxygens (including phenoxy) is 3. The average molecular weight is 343 g/mol. The van der Waals surface area contributed by atoms with E-state index in [-0.39, 0.29) is 18.5 Å². The molecule has 0 saturated carbocycles. The predicted molar refractivity (Wildman–Crippen MR) is 101 cm³/mol. The van der Waals surface area contributed by atoms with Crippen molar-refractivity contribution in [2.75, 3.05) is 7.11 Å². The predicted octanol–water partition coefficient (Wildman–Crippen LogP) is 5.52. The van der Waals surface area contributed by atoms with E-state index in [2.05, 4.69) is 55.4 Å². The summed E-state index contributed by atoms with van der Waals surface area (Å²) in [6.07, 6.45) is 3.61. The third-order valence-corrected chi connectivity index (χ3v) is 6.68. The van der Waals surface area contributed by atoms with Crippen LogP contribution in [0, 0.1) is 29.6 Å². The first-order chi connectivity index (χ1) is 11.3. The summed E-state index contributed by atoms with van der Waals surface area (Å²) >= 11 is 0. The molecule has 0 amide bonds. The molecule has 9 unspecified atom stereocenters. The minimum Gasteiger partial charge on any atom is -0.378 e. The molecule has 0 bridgehead atoms. The van der Waals surface area contributed by atoms with Crippen LogP contribution in [0.3, 0.4) is 0 Å². The van der Waals surface area contributed by atoms with Crippen molar-refractivity contribution in [1.29, 1.82) is 0 Å². The van der Waals surface area contributed by atoms with Gasteiger partial charge in [-0.3, -0.25) is 0 Å². The van der Waals surface area contributed by atoms with Crippen LogP contribution >= 0.6 is 0 Å². The smallest absolute Gasteiger partial charge is 0.161 e. The Labute approximate surface area is 150 Å². The minimum atomic E-state index is -0.123. The summed E-state index contributed by atoms with van der Waals surface area (Å²) in [5, 5.41) is 0. The zero-order valence-electron chi connectivity index (χ0n) is 17.5. The molecule has 1 heterocycles. The second-order valence-electron chi connectivity index (χ2n) is 8.10. The molecule has 0 N–H and O–H groups in total. The molecular weight excluding hydrogens is 300 g/mol. The van der Waals surface area contributed by atoms with Crippen molar-refractivity contribution in [3.8, 4) is 0 Å². The maximum atomic E-state index is 6.64. The number of rotatable bonds is 9. The van der Waals surface area contributed by atoms with Gasteiger partial charge >= 0.3 is 0 Å². The molecule has 0 spiro atoms. The molecule has 3 nitrogen and oxygen atoms in total. The second-order valence-corrected chi connectivity index (χ2v) is 8.10. The lowest BCUT2D eigenvalue weighted by molar-refractivity contribution is -0.284. The average Bonchev–Trinajstić information content (AvgIpc) is 2.60. The molecule has 0 aromatic carbocycles. The summed E-state index contributed by atoms with van der Waals surface area (Å²) in [7, 11) is 1.82. The van der Waals surface area contributed by atoms with Crippen LogP contribution in [0.2, 0.25) is 0 Å². The van der Waals surface area contributed by atoms with Crippen molar-refractivity contribution in [2.45, 2.75) is 99.3 Å². The molecule has 1 saturated heterocycles. The van der Waals surface area contributed by atoms with Gasteiger partial charge in [0.15, 0.2) is 6.29 Å².